The molecule has 1 atom stereocenters. The lowest BCUT2D eigenvalue weighted by Crippen LogP contribution is -2.17. The molecule has 1 N–H and O–H groups in total. The van der Waals surface area contributed by atoms with Gasteiger partial charge < -0.3 is 9.73 Å². The van der Waals surface area contributed by atoms with E-state index >= 15 is 0 Å². The monoisotopic (exact) mass is 249 g/mol. The number of nitrogens with one attached hydrogen (secondary N) is 1. The van der Waals surface area contributed by atoms with Crippen LogP contribution in [0.15, 0.2) is 22.8 Å². The molecule has 2 nitrogen and oxygen atoms in total. The first-order chi connectivity index (χ1) is 8.17. The third kappa shape index (κ3) is 2.31. The van der Waals surface area contributed by atoms with Crippen LogP contribution in [0.25, 0.3) is 0 Å². The summed E-state index contributed by atoms with van der Waals surface area (Å²) in [7, 11) is 2.01. The third-order valence-electron chi connectivity index (χ3n) is 3.04. The van der Waals surface area contributed by atoms with E-state index in [0.717, 1.165) is 12.2 Å². The van der Waals surface area contributed by atoms with Crippen molar-refractivity contribution in [2.45, 2.75) is 33.2 Å². The lowest BCUT2D eigenvalue weighted by molar-refractivity contribution is 0.505. The van der Waals surface area contributed by atoms with Crippen LogP contribution in [0.2, 0.25) is 0 Å². The zero-order valence-corrected chi connectivity index (χ0v) is 11.6. The second-order valence-corrected chi connectivity index (χ2v) is 5.57. The maximum atomic E-state index is 5.53. The van der Waals surface area contributed by atoms with Crippen LogP contribution in [0.5, 0.6) is 0 Å². The van der Waals surface area contributed by atoms with E-state index in [1.54, 1.807) is 6.26 Å². The highest BCUT2D eigenvalue weighted by Gasteiger charge is 2.20. The van der Waals surface area contributed by atoms with Gasteiger partial charge in [-0.3, -0.25) is 0 Å². The van der Waals surface area contributed by atoms with E-state index in [1.165, 1.54) is 20.9 Å². The molecule has 0 radical (unpaired) electrons. The van der Waals surface area contributed by atoms with Crippen molar-refractivity contribution < 1.29 is 4.42 Å². The summed E-state index contributed by atoms with van der Waals surface area (Å²) in [5, 5.41) is 3.40. The Labute approximate surface area is 107 Å². The Balaban J connectivity index is 2.43. The lowest BCUT2D eigenvalue weighted by atomic mass is 10.0. The van der Waals surface area contributed by atoms with E-state index in [-0.39, 0.29) is 6.04 Å². The van der Waals surface area contributed by atoms with Crippen LogP contribution >= 0.6 is 11.3 Å². The van der Waals surface area contributed by atoms with E-state index in [2.05, 4.69) is 38.2 Å². The van der Waals surface area contributed by atoms with E-state index in [9.17, 15) is 0 Å². The number of furan rings is 1. The molecular weight excluding hydrogens is 230 g/mol. The van der Waals surface area contributed by atoms with Crippen LogP contribution in [-0.2, 0) is 6.42 Å². The molecule has 0 aliphatic carbocycles. The van der Waals surface area contributed by atoms with E-state index in [4.69, 9.17) is 4.42 Å². The molecule has 3 heteroatoms. The van der Waals surface area contributed by atoms with E-state index in [1.807, 2.05) is 18.4 Å². The van der Waals surface area contributed by atoms with Crippen molar-refractivity contribution in [1.29, 1.82) is 0 Å². The van der Waals surface area contributed by atoms with Crippen molar-refractivity contribution >= 4 is 11.3 Å². The second-order valence-electron chi connectivity index (χ2n) is 4.28. The zero-order valence-electron chi connectivity index (χ0n) is 10.8. The summed E-state index contributed by atoms with van der Waals surface area (Å²) < 4.78 is 5.53. The van der Waals surface area contributed by atoms with Crippen LogP contribution in [0, 0.1) is 13.8 Å². The van der Waals surface area contributed by atoms with Crippen LogP contribution in [0.1, 0.15) is 39.6 Å². The normalized spacial score (nSPS) is 12.9. The van der Waals surface area contributed by atoms with Crippen LogP contribution in [0.3, 0.4) is 0 Å². The van der Waals surface area contributed by atoms with Gasteiger partial charge >= 0.3 is 0 Å². The minimum Gasteiger partial charge on any atom is -0.469 e. The molecule has 2 heterocycles. The predicted octanol–water partition coefficient (Wildman–Crippen LogP) is 3.83. The summed E-state index contributed by atoms with van der Waals surface area (Å²) in [5.41, 5.74) is 2.62. The van der Waals surface area contributed by atoms with Gasteiger partial charge in [0.2, 0.25) is 0 Å². The molecule has 0 saturated heterocycles. The Bertz CT molecular complexity index is 498. The summed E-state index contributed by atoms with van der Waals surface area (Å²) in [6.45, 7) is 6.46. The average molecular weight is 249 g/mol. The lowest BCUT2D eigenvalue weighted by Gasteiger charge is -2.15. The van der Waals surface area contributed by atoms with Gasteiger partial charge in [-0.15, -0.1) is 11.3 Å². The molecule has 0 aliphatic rings. The van der Waals surface area contributed by atoms with Crippen LogP contribution < -0.4 is 5.32 Å². The summed E-state index contributed by atoms with van der Waals surface area (Å²) >= 11 is 1.86. The van der Waals surface area contributed by atoms with Crippen molar-refractivity contribution in [3.63, 3.8) is 0 Å². The second kappa shape index (κ2) is 5.07. The molecule has 0 saturated carbocycles. The summed E-state index contributed by atoms with van der Waals surface area (Å²) in [4.78, 5) is 2.75. The summed E-state index contributed by atoms with van der Waals surface area (Å²) in [6.07, 6.45) is 2.72. The van der Waals surface area contributed by atoms with Crippen molar-refractivity contribution in [2.24, 2.45) is 0 Å². The Kier molecular flexibility index (Phi) is 3.69. The minimum atomic E-state index is 0.252. The molecule has 0 aliphatic heterocycles. The Morgan fingerprint density at radius 2 is 2.18 bits per heavy atom. The molecule has 1 unspecified atom stereocenters. The van der Waals surface area contributed by atoms with Crippen LogP contribution in [0.4, 0.5) is 0 Å². The molecule has 2 aromatic heterocycles. The van der Waals surface area contributed by atoms with E-state index < -0.39 is 0 Å². The Morgan fingerprint density at radius 3 is 2.71 bits per heavy atom. The fraction of sp³-hybridized carbons (Fsp3) is 0.429. The first-order valence-electron chi connectivity index (χ1n) is 5.97. The summed E-state index contributed by atoms with van der Waals surface area (Å²) in [5.74, 6) is 1.08. The smallest absolute Gasteiger partial charge is 0.108 e. The largest absolute Gasteiger partial charge is 0.469 e. The molecule has 2 aromatic rings. The van der Waals surface area contributed by atoms with Gasteiger partial charge in [0.1, 0.15) is 5.76 Å². The number of rotatable bonds is 4. The number of aryl methyl sites for hydroxylation is 3. The average Bonchev–Trinajstić information content (AvgIpc) is 2.88. The van der Waals surface area contributed by atoms with Crippen LogP contribution in [-0.4, -0.2) is 7.05 Å². The quantitative estimate of drug-likeness (QED) is 0.891. The standard InChI is InChI=1S/C14H19NOS/c1-5-12-11(6-7-16-12)13(15-4)14-9(2)8-10(3)17-14/h6-8,13,15H,5H2,1-4H3. The SMILES string of the molecule is CCc1occc1C(NC)c1sc(C)cc1C. The fourth-order valence-electron chi connectivity index (χ4n) is 2.27. The van der Waals surface area contributed by atoms with Gasteiger partial charge in [0.15, 0.2) is 0 Å². The molecule has 92 valence electrons. The van der Waals surface area contributed by atoms with Gasteiger partial charge in [0, 0.05) is 21.7 Å². The van der Waals surface area contributed by atoms with Crippen molar-refractivity contribution in [3.05, 3.63) is 45.0 Å². The van der Waals surface area contributed by atoms with Crippen molar-refractivity contribution in [3.8, 4) is 0 Å². The van der Waals surface area contributed by atoms with Gasteiger partial charge in [-0.2, -0.15) is 0 Å². The molecule has 17 heavy (non-hydrogen) atoms. The Hall–Kier alpha value is -1.06. The fourth-order valence-corrected chi connectivity index (χ4v) is 3.43. The van der Waals surface area contributed by atoms with Gasteiger partial charge in [-0.25, -0.2) is 0 Å². The molecular formula is C14H19NOS. The first kappa shape index (κ1) is 12.4. The first-order valence-corrected chi connectivity index (χ1v) is 6.79. The van der Waals surface area contributed by atoms with Crippen molar-refractivity contribution in [2.75, 3.05) is 7.05 Å². The predicted molar refractivity (Wildman–Crippen MR) is 72.8 cm³/mol. The van der Waals surface area contributed by atoms with Gasteiger partial charge in [0.05, 0.1) is 12.3 Å². The minimum absolute atomic E-state index is 0.252. The Morgan fingerprint density at radius 1 is 1.41 bits per heavy atom. The number of hydrogen-bond acceptors (Lipinski definition) is 3. The molecule has 2 rings (SSSR count). The molecule has 0 fully saturated rings. The molecule has 0 spiro atoms. The number of hydrogen-bond donors (Lipinski definition) is 1. The highest BCUT2D eigenvalue weighted by atomic mass is 32.1. The summed E-state index contributed by atoms with van der Waals surface area (Å²) in [6, 6.07) is 4.58. The molecule has 0 aromatic carbocycles. The maximum absolute atomic E-state index is 5.53. The van der Waals surface area contributed by atoms with Gasteiger partial charge in [-0.1, -0.05) is 6.92 Å². The third-order valence-corrected chi connectivity index (χ3v) is 4.26. The van der Waals surface area contributed by atoms with Gasteiger partial charge in [-0.05, 0) is 38.6 Å². The van der Waals surface area contributed by atoms with E-state index in [0.29, 0.717) is 0 Å². The molecule has 0 bridgehead atoms. The zero-order chi connectivity index (χ0) is 12.4. The molecule has 0 amide bonds. The number of thiophene rings is 1. The highest BCUT2D eigenvalue weighted by Crippen LogP contribution is 2.33. The van der Waals surface area contributed by atoms with Crippen molar-refractivity contribution in [1.82, 2.24) is 5.32 Å². The highest BCUT2D eigenvalue weighted by molar-refractivity contribution is 7.12. The topological polar surface area (TPSA) is 25.2 Å². The van der Waals surface area contributed by atoms with Gasteiger partial charge in [0.25, 0.3) is 0 Å². The maximum Gasteiger partial charge on any atom is 0.108 e.